The fraction of sp³-hybridized carbons (Fsp3) is 1.00. The summed E-state index contributed by atoms with van der Waals surface area (Å²) < 4.78 is 0. The van der Waals surface area contributed by atoms with Crippen LogP contribution >= 0.6 is 0 Å². The lowest BCUT2D eigenvalue weighted by molar-refractivity contribution is 0.193. The van der Waals surface area contributed by atoms with Crippen LogP contribution in [-0.4, -0.2) is 13.6 Å². The normalized spacial score (nSPS) is 23.4. The average Bonchev–Trinajstić information content (AvgIpc) is 2.20. The number of hydrogen-bond acceptors (Lipinski definition) is 1. The minimum atomic E-state index is 0.538. The molecule has 0 aromatic heterocycles. The van der Waals surface area contributed by atoms with E-state index < -0.39 is 0 Å². The standard InChI is InChI=1S/C13H27N/c1-4-13(2,11-14-3)10-12-8-6-5-7-9-12/h12,14H,4-11H2,1-3H3. The summed E-state index contributed by atoms with van der Waals surface area (Å²) >= 11 is 0. The van der Waals surface area contributed by atoms with Crippen molar-refractivity contribution in [2.45, 2.75) is 58.8 Å². The van der Waals surface area contributed by atoms with Gasteiger partial charge in [0.1, 0.15) is 0 Å². The Morgan fingerprint density at radius 1 is 1.21 bits per heavy atom. The molecule has 0 aromatic carbocycles. The van der Waals surface area contributed by atoms with Crippen LogP contribution in [0.5, 0.6) is 0 Å². The molecule has 1 N–H and O–H groups in total. The van der Waals surface area contributed by atoms with Crippen molar-refractivity contribution in [3.05, 3.63) is 0 Å². The van der Waals surface area contributed by atoms with E-state index >= 15 is 0 Å². The summed E-state index contributed by atoms with van der Waals surface area (Å²) in [6.07, 6.45) is 10.1. The lowest BCUT2D eigenvalue weighted by Gasteiger charge is -2.34. The zero-order valence-corrected chi connectivity index (χ0v) is 10.2. The van der Waals surface area contributed by atoms with Gasteiger partial charge in [0.25, 0.3) is 0 Å². The minimum Gasteiger partial charge on any atom is -0.319 e. The monoisotopic (exact) mass is 197 g/mol. The smallest absolute Gasteiger partial charge is 0.000216 e. The zero-order valence-electron chi connectivity index (χ0n) is 10.2. The third-order valence-corrected chi connectivity index (χ3v) is 3.96. The third-order valence-electron chi connectivity index (χ3n) is 3.96. The van der Waals surface area contributed by atoms with Gasteiger partial charge in [-0.1, -0.05) is 46.0 Å². The predicted octanol–water partition coefficient (Wildman–Crippen LogP) is 3.59. The molecule has 14 heavy (non-hydrogen) atoms. The van der Waals surface area contributed by atoms with Gasteiger partial charge >= 0.3 is 0 Å². The topological polar surface area (TPSA) is 12.0 Å². The Morgan fingerprint density at radius 3 is 2.36 bits per heavy atom. The minimum absolute atomic E-state index is 0.538. The quantitative estimate of drug-likeness (QED) is 0.710. The SMILES string of the molecule is CCC(C)(CNC)CC1CCCCC1. The van der Waals surface area contributed by atoms with Gasteiger partial charge in [0.2, 0.25) is 0 Å². The molecule has 0 radical (unpaired) electrons. The van der Waals surface area contributed by atoms with E-state index in [9.17, 15) is 0 Å². The molecule has 0 bridgehead atoms. The first-order valence-corrected chi connectivity index (χ1v) is 6.35. The molecule has 1 fully saturated rings. The Morgan fingerprint density at radius 2 is 1.86 bits per heavy atom. The van der Waals surface area contributed by atoms with Crippen molar-refractivity contribution in [3.63, 3.8) is 0 Å². The molecule has 0 heterocycles. The maximum Gasteiger partial charge on any atom is 0.000216 e. The van der Waals surface area contributed by atoms with E-state index in [2.05, 4.69) is 26.2 Å². The van der Waals surface area contributed by atoms with Crippen molar-refractivity contribution >= 4 is 0 Å². The fourth-order valence-electron chi connectivity index (χ4n) is 2.86. The van der Waals surface area contributed by atoms with Gasteiger partial charge in [-0.15, -0.1) is 0 Å². The average molecular weight is 197 g/mol. The molecule has 1 atom stereocenters. The summed E-state index contributed by atoms with van der Waals surface area (Å²) in [5.41, 5.74) is 0.538. The van der Waals surface area contributed by atoms with Crippen molar-refractivity contribution in [3.8, 4) is 0 Å². The summed E-state index contributed by atoms with van der Waals surface area (Å²) in [7, 11) is 2.08. The highest BCUT2D eigenvalue weighted by Gasteiger charge is 2.26. The predicted molar refractivity (Wildman–Crippen MR) is 63.5 cm³/mol. The molecule has 1 aliphatic carbocycles. The molecule has 1 unspecified atom stereocenters. The number of nitrogens with one attached hydrogen (secondary N) is 1. The van der Waals surface area contributed by atoms with Crippen LogP contribution in [0.4, 0.5) is 0 Å². The van der Waals surface area contributed by atoms with Gasteiger partial charge in [0.05, 0.1) is 0 Å². The maximum atomic E-state index is 3.35. The lowest BCUT2D eigenvalue weighted by Crippen LogP contribution is -2.31. The molecule has 1 rings (SSSR count). The fourth-order valence-corrected chi connectivity index (χ4v) is 2.86. The van der Waals surface area contributed by atoms with Crippen molar-refractivity contribution < 1.29 is 0 Å². The van der Waals surface area contributed by atoms with Crippen LogP contribution in [0.25, 0.3) is 0 Å². The third kappa shape index (κ3) is 3.61. The van der Waals surface area contributed by atoms with Crippen LogP contribution < -0.4 is 5.32 Å². The Balaban J connectivity index is 2.37. The van der Waals surface area contributed by atoms with E-state index in [0.29, 0.717) is 5.41 Å². The molecule has 1 nitrogen and oxygen atoms in total. The van der Waals surface area contributed by atoms with E-state index in [1.165, 1.54) is 51.5 Å². The van der Waals surface area contributed by atoms with E-state index in [4.69, 9.17) is 0 Å². The second kappa shape index (κ2) is 5.75. The second-order valence-corrected chi connectivity index (χ2v) is 5.40. The van der Waals surface area contributed by atoms with Gasteiger partial charge in [0.15, 0.2) is 0 Å². The molecule has 1 aliphatic rings. The van der Waals surface area contributed by atoms with Gasteiger partial charge in [-0.2, -0.15) is 0 Å². The first-order valence-electron chi connectivity index (χ1n) is 6.35. The molecule has 0 aliphatic heterocycles. The highest BCUT2D eigenvalue weighted by Crippen LogP contribution is 2.36. The number of hydrogen-bond donors (Lipinski definition) is 1. The van der Waals surface area contributed by atoms with E-state index in [0.717, 1.165) is 5.92 Å². The molecule has 84 valence electrons. The van der Waals surface area contributed by atoms with E-state index in [1.807, 2.05) is 0 Å². The van der Waals surface area contributed by atoms with Crippen LogP contribution in [-0.2, 0) is 0 Å². The first kappa shape index (κ1) is 12.0. The molecule has 0 amide bonds. The first-order chi connectivity index (χ1) is 6.70. The maximum absolute atomic E-state index is 3.35. The summed E-state index contributed by atoms with van der Waals surface area (Å²) in [5, 5.41) is 3.35. The van der Waals surface area contributed by atoms with Gasteiger partial charge in [0, 0.05) is 6.54 Å². The summed E-state index contributed by atoms with van der Waals surface area (Å²) in [6, 6.07) is 0. The Labute approximate surface area is 89.7 Å². The van der Waals surface area contributed by atoms with Crippen molar-refractivity contribution in [2.24, 2.45) is 11.3 Å². The van der Waals surface area contributed by atoms with Crippen molar-refractivity contribution in [1.29, 1.82) is 0 Å². The second-order valence-electron chi connectivity index (χ2n) is 5.40. The van der Waals surface area contributed by atoms with Crippen LogP contribution in [0.2, 0.25) is 0 Å². The molecular weight excluding hydrogens is 170 g/mol. The lowest BCUT2D eigenvalue weighted by atomic mass is 9.74. The van der Waals surface area contributed by atoms with Crippen LogP contribution in [0.3, 0.4) is 0 Å². The summed E-state index contributed by atoms with van der Waals surface area (Å²) in [5.74, 6) is 1.02. The van der Waals surface area contributed by atoms with Gasteiger partial charge < -0.3 is 5.32 Å². The number of rotatable bonds is 5. The Kier molecular flexibility index (Phi) is 4.94. The Bertz CT molecular complexity index is 149. The van der Waals surface area contributed by atoms with Gasteiger partial charge in [-0.25, -0.2) is 0 Å². The van der Waals surface area contributed by atoms with Crippen molar-refractivity contribution in [1.82, 2.24) is 5.32 Å². The van der Waals surface area contributed by atoms with Crippen LogP contribution in [0.1, 0.15) is 58.8 Å². The molecule has 0 saturated heterocycles. The van der Waals surface area contributed by atoms with Crippen LogP contribution in [0, 0.1) is 11.3 Å². The molecule has 0 spiro atoms. The molecule has 0 aromatic rings. The molecule has 1 saturated carbocycles. The van der Waals surface area contributed by atoms with Gasteiger partial charge in [-0.05, 0) is 31.2 Å². The van der Waals surface area contributed by atoms with Crippen molar-refractivity contribution in [2.75, 3.05) is 13.6 Å². The highest BCUT2D eigenvalue weighted by atomic mass is 14.8. The Hall–Kier alpha value is -0.0400. The van der Waals surface area contributed by atoms with E-state index in [-0.39, 0.29) is 0 Å². The zero-order chi connectivity index (χ0) is 10.4. The highest BCUT2D eigenvalue weighted by molar-refractivity contribution is 4.80. The molecule has 1 heteroatoms. The molecular formula is C13H27N. The van der Waals surface area contributed by atoms with E-state index in [1.54, 1.807) is 0 Å². The van der Waals surface area contributed by atoms with Gasteiger partial charge in [-0.3, -0.25) is 0 Å². The summed E-state index contributed by atoms with van der Waals surface area (Å²) in [4.78, 5) is 0. The largest absolute Gasteiger partial charge is 0.319 e. The summed E-state index contributed by atoms with van der Waals surface area (Å²) in [6.45, 7) is 5.96. The van der Waals surface area contributed by atoms with Crippen LogP contribution in [0.15, 0.2) is 0 Å².